The first-order valence-electron chi connectivity index (χ1n) is 9.66. The Morgan fingerprint density at radius 3 is 1.90 bits per heavy atom. The summed E-state index contributed by atoms with van der Waals surface area (Å²) in [6.45, 7) is 8.34. The highest BCUT2D eigenvalue weighted by molar-refractivity contribution is 6.33. The maximum absolute atomic E-state index is 13.4. The van der Waals surface area contributed by atoms with Crippen molar-refractivity contribution in [3.63, 3.8) is 0 Å². The van der Waals surface area contributed by atoms with Crippen molar-refractivity contribution in [1.82, 2.24) is 0 Å². The molecule has 2 heterocycles. The lowest BCUT2D eigenvalue weighted by molar-refractivity contribution is 0.0138. The van der Waals surface area contributed by atoms with Crippen LogP contribution in [-0.2, 0) is 4.74 Å². The van der Waals surface area contributed by atoms with Crippen LogP contribution in [0.2, 0.25) is 0 Å². The Balaban J connectivity index is 1.78. The number of fused-ring (bicyclic) bond motifs is 4. The van der Waals surface area contributed by atoms with Crippen LogP contribution in [0.1, 0.15) is 59.5 Å². The molecule has 2 aromatic rings. The molecule has 2 aromatic carbocycles. The summed E-state index contributed by atoms with van der Waals surface area (Å²) in [6, 6.07) is 3.71. The molecule has 156 valence electrons. The van der Waals surface area contributed by atoms with Gasteiger partial charge in [-0.2, -0.15) is 0 Å². The molecule has 1 unspecified atom stereocenters. The SMILES string of the molecule is CC1(C)COC(C)(C)C12Nc1cc(O)c3c(c1N2)C(=O)c1c(O)ccc(O)c1C3=O. The largest absolute Gasteiger partial charge is 0.507 e. The Hall–Kier alpha value is -3.26. The third-order valence-electron chi connectivity index (χ3n) is 6.72. The second kappa shape index (κ2) is 5.26. The standard InChI is InChI=1S/C22H22N2O6/c1-20(2)8-30-21(3,4)22(20)23-9-7-12(27)15-16(17(9)24-22)19(29)14-11(26)6-5-10(25)13(14)18(15)28/h5-7,23-27H,8H2,1-4H3. The molecule has 2 aliphatic heterocycles. The quantitative estimate of drug-likeness (QED) is 0.358. The summed E-state index contributed by atoms with van der Waals surface area (Å²) in [5.74, 6) is -2.59. The molecule has 0 amide bonds. The number of carbonyl (C=O) groups excluding carboxylic acids is 2. The number of ketones is 2. The van der Waals surface area contributed by atoms with Gasteiger partial charge in [0.05, 0.1) is 40.2 Å². The zero-order valence-corrected chi connectivity index (χ0v) is 17.0. The average molecular weight is 410 g/mol. The number of nitrogens with one attached hydrogen (secondary N) is 2. The van der Waals surface area contributed by atoms with Crippen molar-refractivity contribution < 1.29 is 29.6 Å². The monoisotopic (exact) mass is 410 g/mol. The van der Waals surface area contributed by atoms with Gasteiger partial charge in [-0.25, -0.2) is 0 Å². The summed E-state index contributed by atoms with van der Waals surface area (Å²) in [7, 11) is 0. The molecule has 8 heteroatoms. The van der Waals surface area contributed by atoms with Gasteiger partial charge in [0, 0.05) is 11.5 Å². The Labute approximate surface area is 172 Å². The predicted octanol–water partition coefficient (Wildman–Crippen LogP) is 2.95. The van der Waals surface area contributed by atoms with Crippen molar-refractivity contribution in [2.45, 2.75) is 39.0 Å². The Kier molecular flexibility index (Phi) is 3.29. The molecule has 1 fully saturated rings. The number of ether oxygens (including phenoxy) is 1. The zero-order valence-electron chi connectivity index (χ0n) is 17.0. The van der Waals surface area contributed by atoms with Crippen molar-refractivity contribution in [2.24, 2.45) is 5.41 Å². The number of aromatic hydroxyl groups is 3. The number of phenols is 3. The van der Waals surface area contributed by atoms with E-state index in [-0.39, 0.29) is 28.0 Å². The molecule has 0 radical (unpaired) electrons. The molecule has 0 aromatic heterocycles. The van der Waals surface area contributed by atoms with E-state index in [1.807, 2.05) is 27.7 Å². The maximum Gasteiger partial charge on any atom is 0.202 e. The van der Waals surface area contributed by atoms with Crippen LogP contribution in [0.5, 0.6) is 17.2 Å². The molecule has 1 aliphatic carbocycles. The van der Waals surface area contributed by atoms with Gasteiger partial charge in [0.25, 0.3) is 0 Å². The highest BCUT2D eigenvalue weighted by atomic mass is 16.5. The van der Waals surface area contributed by atoms with Crippen LogP contribution in [0.25, 0.3) is 0 Å². The van der Waals surface area contributed by atoms with Crippen molar-refractivity contribution in [1.29, 1.82) is 0 Å². The van der Waals surface area contributed by atoms with E-state index in [9.17, 15) is 24.9 Å². The fourth-order valence-corrected chi connectivity index (χ4v) is 5.10. The number of phenolic OH excluding ortho intramolecular Hbond substituents is 3. The molecule has 1 spiro atoms. The third kappa shape index (κ3) is 1.94. The van der Waals surface area contributed by atoms with Gasteiger partial charge in [-0.15, -0.1) is 0 Å². The molecule has 1 atom stereocenters. The van der Waals surface area contributed by atoms with Crippen LogP contribution >= 0.6 is 0 Å². The Morgan fingerprint density at radius 2 is 1.37 bits per heavy atom. The van der Waals surface area contributed by atoms with E-state index >= 15 is 0 Å². The van der Waals surface area contributed by atoms with Crippen molar-refractivity contribution in [3.05, 3.63) is 40.5 Å². The number of rotatable bonds is 0. The summed E-state index contributed by atoms with van der Waals surface area (Å²) in [4.78, 5) is 26.6. The van der Waals surface area contributed by atoms with E-state index in [2.05, 4.69) is 10.6 Å². The van der Waals surface area contributed by atoms with E-state index in [1.165, 1.54) is 6.07 Å². The van der Waals surface area contributed by atoms with E-state index in [4.69, 9.17) is 4.74 Å². The second-order valence-corrected chi connectivity index (χ2v) is 9.26. The van der Waals surface area contributed by atoms with Crippen molar-refractivity contribution in [3.8, 4) is 17.2 Å². The molecule has 30 heavy (non-hydrogen) atoms. The van der Waals surface area contributed by atoms with Gasteiger partial charge < -0.3 is 30.7 Å². The summed E-state index contributed by atoms with van der Waals surface area (Å²) in [6.07, 6.45) is 0. The van der Waals surface area contributed by atoms with E-state index in [0.29, 0.717) is 18.0 Å². The molecular weight excluding hydrogens is 388 g/mol. The first-order chi connectivity index (χ1) is 13.9. The Morgan fingerprint density at radius 1 is 0.833 bits per heavy atom. The van der Waals surface area contributed by atoms with Gasteiger partial charge in [0.15, 0.2) is 0 Å². The van der Waals surface area contributed by atoms with Crippen LogP contribution in [0, 0.1) is 5.41 Å². The van der Waals surface area contributed by atoms with Gasteiger partial charge in [-0.1, -0.05) is 13.8 Å². The van der Waals surface area contributed by atoms with Crippen molar-refractivity contribution in [2.75, 3.05) is 17.2 Å². The third-order valence-corrected chi connectivity index (χ3v) is 6.72. The Bertz CT molecular complexity index is 1160. The maximum atomic E-state index is 13.4. The molecule has 1 saturated heterocycles. The molecule has 3 aliphatic rings. The number of anilines is 2. The minimum Gasteiger partial charge on any atom is -0.507 e. The number of benzene rings is 2. The lowest BCUT2D eigenvalue weighted by atomic mass is 9.73. The first kappa shape index (κ1) is 18.7. The first-order valence-corrected chi connectivity index (χ1v) is 9.66. The second-order valence-electron chi connectivity index (χ2n) is 9.26. The molecule has 0 saturated carbocycles. The van der Waals surface area contributed by atoms with Gasteiger partial charge in [-0.05, 0) is 26.0 Å². The minimum atomic E-state index is -0.811. The fourth-order valence-electron chi connectivity index (χ4n) is 5.10. The molecule has 5 N–H and O–H groups in total. The average Bonchev–Trinajstić information content (AvgIpc) is 3.13. The summed E-state index contributed by atoms with van der Waals surface area (Å²) in [5, 5.41) is 37.9. The van der Waals surface area contributed by atoms with Gasteiger partial charge in [0.1, 0.15) is 28.5 Å². The zero-order chi connectivity index (χ0) is 21.8. The van der Waals surface area contributed by atoms with Gasteiger partial charge >= 0.3 is 0 Å². The molecule has 8 nitrogen and oxygen atoms in total. The van der Waals surface area contributed by atoms with Crippen LogP contribution < -0.4 is 10.6 Å². The topological polar surface area (TPSA) is 128 Å². The summed E-state index contributed by atoms with van der Waals surface area (Å²) in [5.41, 5.74) is -1.90. The van der Waals surface area contributed by atoms with E-state index in [1.54, 1.807) is 0 Å². The van der Waals surface area contributed by atoms with Gasteiger partial charge in [0.2, 0.25) is 11.6 Å². The highest BCUT2D eigenvalue weighted by Crippen LogP contribution is 2.57. The molecular formula is C22H22N2O6. The predicted molar refractivity (Wildman–Crippen MR) is 109 cm³/mol. The summed E-state index contributed by atoms with van der Waals surface area (Å²) >= 11 is 0. The van der Waals surface area contributed by atoms with Crippen LogP contribution in [0.15, 0.2) is 18.2 Å². The highest BCUT2D eigenvalue weighted by Gasteiger charge is 2.64. The van der Waals surface area contributed by atoms with Crippen LogP contribution in [0.4, 0.5) is 11.4 Å². The smallest absolute Gasteiger partial charge is 0.202 e. The van der Waals surface area contributed by atoms with Crippen LogP contribution in [0.3, 0.4) is 0 Å². The van der Waals surface area contributed by atoms with E-state index < -0.39 is 39.7 Å². The lowest BCUT2D eigenvalue weighted by Gasteiger charge is -2.45. The lowest BCUT2D eigenvalue weighted by Crippen LogP contribution is -2.62. The number of hydrogen-bond donors (Lipinski definition) is 5. The van der Waals surface area contributed by atoms with E-state index in [0.717, 1.165) is 12.1 Å². The fraction of sp³-hybridized carbons (Fsp3) is 0.364. The summed E-state index contributed by atoms with van der Waals surface area (Å²) < 4.78 is 6.03. The van der Waals surface area contributed by atoms with Gasteiger partial charge in [-0.3, -0.25) is 9.59 Å². The van der Waals surface area contributed by atoms with Crippen molar-refractivity contribution >= 4 is 22.9 Å². The normalized spacial score (nSPS) is 24.8. The number of carbonyl (C=O) groups is 2. The van der Waals surface area contributed by atoms with Crippen LogP contribution in [-0.4, -0.2) is 44.8 Å². The molecule has 5 rings (SSSR count). The molecule has 0 bridgehead atoms. The minimum absolute atomic E-state index is 0.0359. The number of hydrogen-bond acceptors (Lipinski definition) is 8.